The first-order valence-corrected chi connectivity index (χ1v) is 7.13. The largest absolute Gasteiger partial charge is 0.482 e. The van der Waals surface area contributed by atoms with Crippen molar-refractivity contribution < 1.29 is 14.3 Å². The van der Waals surface area contributed by atoms with Crippen molar-refractivity contribution in [2.75, 3.05) is 31.7 Å². The van der Waals surface area contributed by atoms with Crippen LogP contribution in [0, 0.1) is 0 Å². The average Bonchev–Trinajstić information content (AvgIpc) is 2.46. The van der Waals surface area contributed by atoms with E-state index in [1.165, 1.54) is 0 Å². The molecule has 0 aliphatic carbocycles. The summed E-state index contributed by atoms with van der Waals surface area (Å²) in [5, 5.41) is 6.18. The lowest BCUT2D eigenvalue weighted by molar-refractivity contribution is -0.118. The van der Waals surface area contributed by atoms with E-state index in [0.717, 1.165) is 56.1 Å². The molecule has 110 valence electrons. The molecule has 0 radical (unpaired) electrons. The van der Waals surface area contributed by atoms with Crippen molar-refractivity contribution in [1.82, 2.24) is 5.32 Å². The standard InChI is InChI=1S/C15H22N2O3/c1-2-7-19-8-3-6-16-10-12-4-5-14-13(9-12)17-15(18)11-20-14/h4-5,9,16H,2-3,6-8,10-11H2,1H3,(H,17,18). The van der Waals surface area contributed by atoms with Crippen LogP contribution < -0.4 is 15.4 Å². The van der Waals surface area contributed by atoms with Gasteiger partial charge in [0.1, 0.15) is 5.75 Å². The first-order chi connectivity index (χ1) is 9.79. The minimum absolute atomic E-state index is 0.0996. The molecule has 2 N–H and O–H groups in total. The molecule has 0 unspecified atom stereocenters. The third-order valence-corrected chi connectivity index (χ3v) is 3.00. The number of nitrogens with one attached hydrogen (secondary N) is 2. The minimum atomic E-state index is -0.101. The molecule has 0 spiro atoms. The van der Waals surface area contributed by atoms with Crippen LogP contribution in [0.1, 0.15) is 25.3 Å². The van der Waals surface area contributed by atoms with Gasteiger partial charge in [-0.2, -0.15) is 0 Å². The monoisotopic (exact) mass is 278 g/mol. The lowest BCUT2D eigenvalue weighted by atomic mass is 10.1. The Kier molecular flexibility index (Phi) is 5.83. The molecule has 0 saturated carbocycles. The Morgan fingerprint density at radius 3 is 3.15 bits per heavy atom. The summed E-state index contributed by atoms with van der Waals surface area (Å²) in [6, 6.07) is 5.86. The summed E-state index contributed by atoms with van der Waals surface area (Å²) < 4.78 is 10.7. The van der Waals surface area contributed by atoms with Gasteiger partial charge < -0.3 is 20.1 Å². The molecule has 5 heteroatoms. The second kappa shape index (κ2) is 7.87. The predicted octanol–water partition coefficient (Wildman–Crippen LogP) is 1.92. The van der Waals surface area contributed by atoms with Gasteiger partial charge in [0.25, 0.3) is 5.91 Å². The molecule has 20 heavy (non-hydrogen) atoms. The lowest BCUT2D eigenvalue weighted by Gasteiger charge is -2.18. The Hall–Kier alpha value is -1.59. The summed E-state index contributed by atoms with van der Waals surface area (Å²) in [5.74, 6) is 0.636. The molecule has 0 bridgehead atoms. The highest BCUT2D eigenvalue weighted by molar-refractivity contribution is 5.95. The number of amides is 1. The molecule has 1 amide bonds. The van der Waals surface area contributed by atoms with Crippen LogP contribution in [0.15, 0.2) is 18.2 Å². The van der Waals surface area contributed by atoms with Gasteiger partial charge in [-0.25, -0.2) is 0 Å². The van der Waals surface area contributed by atoms with E-state index in [1.54, 1.807) is 0 Å². The number of hydrogen-bond donors (Lipinski definition) is 2. The average molecular weight is 278 g/mol. The number of ether oxygens (including phenoxy) is 2. The molecular weight excluding hydrogens is 256 g/mol. The van der Waals surface area contributed by atoms with E-state index in [4.69, 9.17) is 9.47 Å². The van der Waals surface area contributed by atoms with Gasteiger partial charge in [-0.05, 0) is 37.1 Å². The highest BCUT2D eigenvalue weighted by atomic mass is 16.5. The Labute approximate surface area is 119 Å². The smallest absolute Gasteiger partial charge is 0.262 e. The maximum Gasteiger partial charge on any atom is 0.262 e. The highest BCUT2D eigenvalue weighted by Crippen LogP contribution is 2.28. The van der Waals surface area contributed by atoms with Crippen LogP contribution in [0.2, 0.25) is 0 Å². The van der Waals surface area contributed by atoms with Gasteiger partial charge in [-0.3, -0.25) is 4.79 Å². The molecule has 1 aliphatic heterocycles. The van der Waals surface area contributed by atoms with Crippen molar-refractivity contribution in [3.63, 3.8) is 0 Å². The molecule has 2 rings (SSSR count). The molecule has 5 nitrogen and oxygen atoms in total. The molecular formula is C15H22N2O3. The second-order valence-electron chi connectivity index (χ2n) is 4.81. The lowest BCUT2D eigenvalue weighted by Crippen LogP contribution is -2.25. The van der Waals surface area contributed by atoms with Crippen molar-refractivity contribution in [2.45, 2.75) is 26.3 Å². The van der Waals surface area contributed by atoms with Gasteiger partial charge in [0.15, 0.2) is 6.61 Å². The summed E-state index contributed by atoms with van der Waals surface area (Å²) in [4.78, 5) is 11.3. The minimum Gasteiger partial charge on any atom is -0.482 e. The Morgan fingerprint density at radius 1 is 1.40 bits per heavy atom. The van der Waals surface area contributed by atoms with E-state index in [9.17, 15) is 4.79 Å². The molecule has 0 fully saturated rings. The zero-order chi connectivity index (χ0) is 14.2. The van der Waals surface area contributed by atoms with Crippen LogP contribution in [0.3, 0.4) is 0 Å². The fourth-order valence-corrected chi connectivity index (χ4v) is 2.02. The van der Waals surface area contributed by atoms with E-state index >= 15 is 0 Å². The summed E-state index contributed by atoms with van der Waals surface area (Å²) in [6.45, 7) is 5.54. The number of rotatable bonds is 8. The summed E-state index contributed by atoms with van der Waals surface area (Å²) in [7, 11) is 0. The van der Waals surface area contributed by atoms with E-state index in [2.05, 4.69) is 17.6 Å². The van der Waals surface area contributed by atoms with Crippen LogP contribution >= 0.6 is 0 Å². The van der Waals surface area contributed by atoms with Crippen LogP contribution in [0.5, 0.6) is 5.75 Å². The van der Waals surface area contributed by atoms with Gasteiger partial charge >= 0.3 is 0 Å². The van der Waals surface area contributed by atoms with Gasteiger partial charge in [-0.15, -0.1) is 0 Å². The number of hydrogen-bond acceptors (Lipinski definition) is 4. The third-order valence-electron chi connectivity index (χ3n) is 3.00. The predicted molar refractivity (Wildman–Crippen MR) is 78.0 cm³/mol. The van der Waals surface area contributed by atoms with E-state index < -0.39 is 0 Å². The normalized spacial score (nSPS) is 13.6. The first kappa shape index (κ1) is 14.8. The molecule has 0 atom stereocenters. The van der Waals surface area contributed by atoms with Gasteiger partial charge in [-0.1, -0.05) is 13.0 Å². The first-order valence-electron chi connectivity index (χ1n) is 7.13. The fourth-order valence-electron chi connectivity index (χ4n) is 2.02. The zero-order valence-corrected chi connectivity index (χ0v) is 11.9. The van der Waals surface area contributed by atoms with Gasteiger partial charge in [0.2, 0.25) is 0 Å². The number of carbonyl (C=O) groups is 1. The van der Waals surface area contributed by atoms with E-state index in [1.807, 2.05) is 18.2 Å². The quantitative estimate of drug-likeness (QED) is 0.713. The molecule has 1 aliphatic rings. The topological polar surface area (TPSA) is 59.6 Å². The highest BCUT2D eigenvalue weighted by Gasteiger charge is 2.15. The molecule has 0 saturated heterocycles. The van der Waals surface area contributed by atoms with Crippen LogP contribution in [-0.4, -0.2) is 32.3 Å². The SMILES string of the molecule is CCCOCCCNCc1ccc2c(c1)NC(=O)CO2. The maximum atomic E-state index is 11.3. The maximum absolute atomic E-state index is 11.3. The fraction of sp³-hybridized carbons (Fsp3) is 0.533. The van der Waals surface area contributed by atoms with Crippen LogP contribution in [0.4, 0.5) is 5.69 Å². The van der Waals surface area contributed by atoms with Crippen molar-refractivity contribution in [3.05, 3.63) is 23.8 Å². The number of carbonyl (C=O) groups excluding carboxylic acids is 1. The van der Waals surface area contributed by atoms with Crippen molar-refractivity contribution in [3.8, 4) is 5.75 Å². The van der Waals surface area contributed by atoms with E-state index in [-0.39, 0.29) is 12.5 Å². The number of fused-ring (bicyclic) bond motifs is 1. The van der Waals surface area contributed by atoms with Crippen molar-refractivity contribution in [1.29, 1.82) is 0 Å². The van der Waals surface area contributed by atoms with Crippen LogP contribution in [0.25, 0.3) is 0 Å². The summed E-state index contributed by atoms with van der Waals surface area (Å²) >= 11 is 0. The van der Waals surface area contributed by atoms with Gasteiger partial charge in [0.05, 0.1) is 5.69 Å². The van der Waals surface area contributed by atoms with E-state index in [0.29, 0.717) is 0 Å². The number of benzene rings is 1. The third kappa shape index (κ3) is 4.51. The van der Waals surface area contributed by atoms with Crippen molar-refractivity contribution >= 4 is 11.6 Å². The molecule has 1 heterocycles. The number of anilines is 1. The molecule has 1 aromatic rings. The Balaban J connectivity index is 1.71. The second-order valence-corrected chi connectivity index (χ2v) is 4.81. The van der Waals surface area contributed by atoms with Crippen LogP contribution in [-0.2, 0) is 16.1 Å². The Morgan fingerprint density at radius 2 is 2.30 bits per heavy atom. The Bertz CT molecular complexity index is 449. The summed E-state index contributed by atoms with van der Waals surface area (Å²) in [5.41, 5.74) is 1.89. The summed E-state index contributed by atoms with van der Waals surface area (Å²) in [6.07, 6.45) is 2.07. The zero-order valence-electron chi connectivity index (χ0n) is 11.9. The molecule has 1 aromatic carbocycles. The van der Waals surface area contributed by atoms with Crippen molar-refractivity contribution in [2.24, 2.45) is 0 Å². The molecule has 0 aromatic heterocycles. The van der Waals surface area contributed by atoms with Gasteiger partial charge in [0, 0.05) is 19.8 Å².